The van der Waals surface area contributed by atoms with Gasteiger partial charge in [-0.2, -0.15) is 0 Å². The maximum atomic E-state index is 12.2. The summed E-state index contributed by atoms with van der Waals surface area (Å²) in [5.41, 5.74) is 1.05. The van der Waals surface area contributed by atoms with Crippen molar-refractivity contribution in [3.8, 4) is 0 Å². The van der Waals surface area contributed by atoms with Gasteiger partial charge in [0.25, 0.3) is 11.8 Å². The van der Waals surface area contributed by atoms with Gasteiger partial charge in [-0.25, -0.2) is 0 Å². The first kappa shape index (κ1) is 14.7. The lowest BCUT2D eigenvalue weighted by atomic mass is 10.1. The minimum Gasteiger partial charge on any atom is -0.320 e. The molecule has 20 heavy (non-hydrogen) atoms. The number of likely N-dealkylation sites (N-methyl/N-ethyl adjacent to an activating group) is 1. The molecule has 0 fully saturated rings. The van der Waals surface area contributed by atoms with Crippen molar-refractivity contribution in [1.29, 1.82) is 0 Å². The van der Waals surface area contributed by atoms with Crippen molar-refractivity contribution < 1.29 is 9.59 Å². The number of fused-ring (bicyclic) bond motifs is 1. The fourth-order valence-electron chi connectivity index (χ4n) is 2.35. The quantitative estimate of drug-likeness (QED) is 0.591. The van der Waals surface area contributed by atoms with Crippen LogP contribution in [0.15, 0.2) is 24.3 Å². The summed E-state index contributed by atoms with van der Waals surface area (Å²) in [6.07, 6.45) is 1.05. The molecule has 2 rings (SSSR count). The van der Waals surface area contributed by atoms with Crippen LogP contribution in [0, 0.1) is 0 Å². The maximum absolute atomic E-state index is 12.2. The summed E-state index contributed by atoms with van der Waals surface area (Å²) in [7, 11) is 3.94. The number of hydrogen-bond donors (Lipinski definition) is 1. The van der Waals surface area contributed by atoms with E-state index in [1.54, 1.807) is 24.3 Å². The van der Waals surface area contributed by atoms with Gasteiger partial charge in [0.1, 0.15) is 0 Å². The van der Waals surface area contributed by atoms with Crippen molar-refractivity contribution >= 4 is 11.8 Å². The lowest BCUT2D eigenvalue weighted by Crippen LogP contribution is -2.37. The maximum Gasteiger partial charge on any atom is 0.261 e. The Morgan fingerprint density at radius 3 is 2.25 bits per heavy atom. The fraction of sp³-hybridized carbons (Fsp3) is 0.467. The van der Waals surface area contributed by atoms with Crippen molar-refractivity contribution in [3.05, 3.63) is 35.4 Å². The Hall–Kier alpha value is -1.72. The molecule has 0 saturated heterocycles. The molecule has 108 valence electrons. The van der Waals surface area contributed by atoms with Crippen LogP contribution in [0.3, 0.4) is 0 Å². The first-order valence-electron chi connectivity index (χ1n) is 6.93. The molecule has 1 aromatic carbocycles. The van der Waals surface area contributed by atoms with Gasteiger partial charge in [0, 0.05) is 13.1 Å². The number of imide groups is 1. The topological polar surface area (TPSA) is 52.6 Å². The molecule has 2 amide bonds. The third-order valence-corrected chi connectivity index (χ3v) is 3.55. The zero-order valence-electron chi connectivity index (χ0n) is 12.1. The van der Waals surface area contributed by atoms with E-state index in [4.69, 9.17) is 0 Å². The van der Waals surface area contributed by atoms with Crippen LogP contribution >= 0.6 is 0 Å². The molecular formula is C15H21N3O2. The molecule has 0 saturated carbocycles. The normalized spacial score (nSPS) is 14.2. The SMILES string of the molecule is CNCCCN(C)CCN1C(=O)c2ccccc2C1=O. The van der Waals surface area contributed by atoms with Crippen LogP contribution in [0.25, 0.3) is 0 Å². The van der Waals surface area contributed by atoms with Crippen molar-refractivity contribution in [2.75, 3.05) is 40.3 Å². The molecule has 0 unspecified atom stereocenters. The summed E-state index contributed by atoms with van der Waals surface area (Å²) in [6, 6.07) is 7.01. The summed E-state index contributed by atoms with van der Waals surface area (Å²) < 4.78 is 0. The second-order valence-corrected chi connectivity index (χ2v) is 5.07. The van der Waals surface area contributed by atoms with Gasteiger partial charge >= 0.3 is 0 Å². The predicted molar refractivity (Wildman–Crippen MR) is 77.8 cm³/mol. The smallest absolute Gasteiger partial charge is 0.261 e. The number of nitrogens with zero attached hydrogens (tertiary/aromatic N) is 2. The minimum absolute atomic E-state index is 0.172. The van der Waals surface area contributed by atoms with E-state index in [2.05, 4.69) is 10.2 Å². The average molecular weight is 275 g/mol. The van der Waals surface area contributed by atoms with Crippen LogP contribution in [-0.4, -0.2) is 61.9 Å². The Morgan fingerprint density at radius 1 is 1.10 bits per heavy atom. The summed E-state index contributed by atoms with van der Waals surface area (Å²) in [6.45, 7) is 3.07. The van der Waals surface area contributed by atoms with Crippen molar-refractivity contribution in [3.63, 3.8) is 0 Å². The van der Waals surface area contributed by atoms with E-state index in [-0.39, 0.29) is 11.8 Å². The Kier molecular flexibility index (Phi) is 4.87. The van der Waals surface area contributed by atoms with Crippen LogP contribution < -0.4 is 5.32 Å². The second-order valence-electron chi connectivity index (χ2n) is 5.07. The first-order valence-corrected chi connectivity index (χ1v) is 6.93. The van der Waals surface area contributed by atoms with E-state index < -0.39 is 0 Å². The van der Waals surface area contributed by atoms with Gasteiger partial charge < -0.3 is 10.2 Å². The van der Waals surface area contributed by atoms with E-state index in [1.807, 2.05) is 14.1 Å². The Morgan fingerprint density at radius 2 is 1.70 bits per heavy atom. The van der Waals surface area contributed by atoms with Gasteiger partial charge in [0.2, 0.25) is 0 Å². The minimum atomic E-state index is -0.172. The number of benzene rings is 1. The van der Waals surface area contributed by atoms with Crippen LogP contribution in [0.2, 0.25) is 0 Å². The molecule has 0 spiro atoms. The zero-order chi connectivity index (χ0) is 14.5. The lowest BCUT2D eigenvalue weighted by Gasteiger charge is -2.20. The number of carbonyl (C=O) groups excluding carboxylic acids is 2. The predicted octanol–water partition coefficient (Wildman–Crippen LogP) is 0.824. The molecule has 5 nitrogen and oxygen atoms in total. The third-order valence-electron chi connectivity index (χ3n) is 3.55. The average Bonchev–Trinajstić information content (AvgIpc) is 2.70. The van der Waals surface area contributed by atoms with Gasteiger partial charge in [-0.05, 0) is 45.7 Å². The highest BCUT2D eigenvalue weighted by Crippen LogP contribution is 2.21. The Balaban J connectivity index is 1.89. The summed E-state index contributed by atoms with van der Waals surface area (Å²) in [4.78, 5) is 27.8. The molecular weight excluding hydrogens is 254 g/mol. The molecule has 0 atom stereocenters. The lowest BCUT2D eigenvalue weighted by molar-refractivity contribution is 0.0641. The Labute approximate surface area is 119 Å². The van der Waals surface area contributed by atoms with E-state index in [9.17, 15) is 9.59 Å². The highest BCUT2D eigenvalue weighted by molar-refractivity contribution is 6.21. The van der Waals surface area contributed by atoms with E-state index in [0.29, 0.717) is 24.2 Å². The van der Waals surface area contributed by atoms with Crippen LogP contribution in [0.5, 0.6) is 0 Å². The zero-order valence-corrected chi connectivity index (χ0v) is 12.1. The summed E-state index contributed by atoms with van der Waals surface area (Å²) in [5, 5.41) is 3.10. The monoisotopic (exact) mass is 275 g/mol. The molecule has 1 heterocycles. The largest absolute Gasteiger partial charge is 0.320 e. The van der Waals surface area contributed by atoms with Crippen molar-refractivity contribution in [1.82, 2.24) is 15.1 Å². The molecule has 1 aliphatic rings. The molecule has 0 radical (unpaired) electrons. The number of hydrogen-bond acceptors (Lipinski definition) is 4. The molecule has 1 aliphatic heterocycles. The van der Waals surface area contributed by atoms with E-state index in [0.717, 1.165) is 19.5 Å². The number of rotatable bonds is 7. The van der Waals surface area contributed by atoms with Gasteiger partial charge in [0.05, 0.1) is 11.1 Å². The molecule has 0 aromatic heterocycles. The van der Waals surface area contributed by atoms with Gasteiger partial charge in [-0.15, -0.1) is 0 Å². The van der Waals surface area contributed by atoms with Crippen molar-refractivity contribution in [2.45, 2.75) is 6.42 Å². The van der Waals surface area contributed by atoms with Crippen LogP contribution in [0.4, 0.5) is 0 Å². The van der Waals surface area contributed by atoms with Crippen LogP contribution in [-0.2, 0) is 0 Å². The van der Waals surface area contributed by atoms with E-state index in [1.165, 1.54) is 4.90 Å². The Bertz CT molecular complexity index is 467. The second kappa shape index (κ2) is 6.63. The van der Waals surface area contributed by atoms with Gasteiger partial charge in [-0.1, -0.05) is 12.1 Å². The molecule has 5 heteroatoms. The highest BCUT2D eigenvalue weighted by atomic mass is 16.2. The number of carbonyl (C=O) groups is 2. The highest BCUT2D eigenvalue weighted by Gasteiger charge is 2.34. The van der Waals surface area contributed by atoms with Gasteiger partial charge in [-0.3, -0.25) is 14.5 Å². The summed E-state index contributed by atoms with van der Waals surface area (Å²) >= 11 is 0. The third kappa shape index (κ3) is 3.05. The number of amides is 2. The molecule has 0 bridgehead atoms. The summed E-state index contributed by atoms with van der Waals surface area (Å²) in [5.74, 6) is -0.344. The van der Waals surface area contributed by atoms with Crippen LogP contribution in [0.1, 0.15) is 27.1 Å². The molecule has 1 N–H and O–H groups in total. The standard InChI is InChI=1S/C15H21N3O2/c1-16-8-5-9-17(2)10-11-18-14(19)12-6-3-4-7-13(12)15(18)20/h3-4,6-7,16H,5,8-11H2,1-2H3. The van der Waals surface area contributed by atoms with Gasteiger partial charge in [0.15, 0.2) is 0 Å². The first-order chi connectivity index (χ1) is 9.65. The van der Waals surface area contributed by atoms with Crippen molar-refractivity contribution in [2.24, 2.45) is 0 Å². The van der Waals surface area contributed by atoms with E-state index >= 15 is 0 Å². The molecule has 1 aromatic rings. The molecule has 0 aliphatic carbocycles. The fourth-order valence-corrected chi connectivity index (χ4v) is 2.35. The number of nitrogens with one attached hydrogen (secondary N) is 1.